The predicted octanol–water partition coefficient (Wildman–Crippen LogP) is 0.620. The third-order valence-electron chi connectivity index (χ3n) is 3.01. The normalized spacial score (nSPS) is 11.2. The first-order valence-corrected chi connectivity index (χ1v) is 7.02. The molecule has 122 valence electrons. The smallest absolute Gasteiger partial charge is 0.303 e. The minimum atomic E-state index is -1.11. The number of hydrogen-bond donors (Lipinski definition) is 5. The zero-order chi connectivity index (χ0) is 16.0. The average Bonchev–Trinajstić information content (AvgIpc) is 2.42. The van der Waals surface area contributed by atoms with E-state index in [9.17, 15) is 4.79 Å². The van der Waals surface area contributed by atoms with Crippen LogP contribution in [0.2, 0.25) is 0 Å². The zero-order valence-corrected chi connectivity index (χ0v) is 12.6. The van der Waals surface area contributed by atoms with Crippen LogP contribution in [0, 0.1) is 11.3 Å². The molecule has 0 aliphatic rings. The van der Waals surface area contributed by atoms with Crippen LogP contribution >= 0.6 is 0 Å². The first-order valence-electron chi connectivity index (χ1n) is 7.02. The predicted molar refractivity (Wildman–Crippen MR) is 76.3 cm³/mol. The van der Waals surface area contributed by atoms with E-state index < -0.39 is 37.8 Å². The highest BCUT2D eigenvalue weighted by molar-refractivity contribution is 5.66. The molecule has 0 spiro atoms. The van der Waals surface area contributed by atoms with E-state index in [0.29, 0.717) is 6.42 Å². The number of carboxylic acids is 1. The van der Waals surface area contributed by atoms with E-state index in [1.165, 1.54) is 12.8 Å². The van der Waals surface area contributed by atoms with Crippen molar-refractivity contribution in [2.24, 2.45) is 11.3 Å². The number of carboxylic acid groups (broad SMARTS) is 1. The molecule has 0 saturated carbocycles. The van der Waals surface area contributed by atoms with Crippen molar-refractivity contribution in [3.63, 3.8) is 0 Å². The van der Waals surface area contributed by atoms with Crippen LogP contribution < -0.4 is 0 Å². The Morgan fingerprint density at radius 3 is 1.60 bits per heavy atom. The SMILES string of the molecule is CC(C)CCCCCC(=O)O.OCC(CO)(CO)CO. The van der Waals surface area contributed by atoms with Crippen LogP contribution in [0.25, 0.3) is 0 Å². The molecule has 0 heterocycles. The van der Waals surface area contributed by atoms with Gasteiger partial charge in [0.1, 0.15) is 0 Å². The minimum Gasteiger partial charge on any atom is -0.481 e. The van der Waals surface area contributed by atoms with Crippen molar-refractivity contribution in [3.8, 4) is 0 Å². The summed E-state index contributed by atoms with van der Waals surface area (Å²) < 4.78 is 0. The van der Waals surface area contributed by atoms with Crippen LogP contribution in [-0.4, -0.2) is 57.9 Å². The van der Waals surface area contributed by atoms with Crippen LogP contribution in [0.5, 0.6) is 0 Å². The summed E-state index contributed by atoms with van der Waals surface area (Å²) in [5.74, 6) is 0.0781. The standard InChI is InChI=1S/C9H18O2.C5H12O4/c1-8(2)6-4-3-5-7-9(10)11;6-1-5(2-7,3-8)4-9/h8H,3-7H2,1-2H3,(H,10,11);6-9H,1-4H2. The Bertz CT molecular complexity index is 208. The van der Waals surface area contributed by atoms with Gasteiger partial charge in [-0.3, -0.25) is 4.79 Å². The Kier molecular flexibility index (Phi) is 14.4. The van der Waals surface area contributed by atoms with Crippen LogP contribution in [0.4, 0.5) is 0 Å². The Morgan fingerprint density at radius 2 is 1.35 bits per heavy atom. The van der Waals surface area contributed by atoms with Gasteiger partial charge >= 0.3 is 5.97 Å². The Balaban J connectivity index is 0. The molecule has 0 saturated heterocycles. The van der Waals surface area contributed by atoms with Gasteiger partial charge in [0, 0.05) is 6.42 Å². The molecule has 0 rings (SSSR count). The van der Waals surface area contributed by atoms with Crippen molar-refractivity contribution < 1.29 is 30.3 Å². The molecule has 0 aromatic rings. The minimum absolute atomic E-state index is 0.331. The summed E-state index contributed by atoms with van der Waals surface area (Å²) in [6, 6.07) is 0. The van der Waals surface area contributed by atoms with E-state index in [4.69, 9.17) is 25.5 Å². The largest absolute Gasteiger partial charge is 0.481 e. The molecule has 0 atom stereocenters. The third kappa shape index (κ3) is 12.3. The summed E-state index contributed by atoms with van der Waals surface area (Å²) in [7, 11) is 0. The molecule has 0 aromatic carbocycles. The molecule has 0 bridgehead atoms. The molecule has 6 nitrogen and oxygen atoms in total. The first-order chi connectivity index (χ1) is 9.37. The zero-order valence-electron chi connectivity index (χ0n) is 12.6. The van der Waals surface area contributed by atoms with Crippen LogP contribution in [-0.2, 0) is 4.79 Å². The molecule has 0 fully saturated rings. The van der Waals surface area contributed by atoms with E-state index in [-0.39, 0.29) is 0 Å². The Labute approximate surface area is 121 Å². The summed E-state index contributed by atoms with van der Waals surface area (Å²) >= 11 is 0. The van der Waals surface area contributed by atoms with Gasteiger partial charge in [0.05, 0.1) is 31.8 Å². The first kappa shape index (κ1) is 21.6. The number of hydrogen-bond acceptors (Lipinski definition) is 5. The third-order valence-corrected chi connectivity index (χ3v) is 3.01. The van der Waals surface area contributed by atoms with Gasteiger partial charge in [0.25, 0.3) is 0 Å². The van der Waals surface area contributed by atoms with Crippen molar-refractivity contribution in [2.45, 2.75) is 46.0 Å². The van der Waals surface area contributed by atoms with Crippen molar-refractivity contribution in [1.82, 2.24) is 0 Å². The lowest BCUT2D eigenvalue weighted by molar-refractivity contribution is -0.137. The van der Waals surface area contributed by atoms with Gasteiger partial charge in [0.2, 0.25) is 0 Å². The second kappa shape index (κ2) is 13.3. The lowest BCUT2D eigenvalue weighted by Crippen LogP contribution is -2.37. The van der Waals surface area contributed by atoms with Crippen LogP contribution in [0.3, 0.4) is 0 Å². The lowest BCUT2D eigenvalue weighted by Gasteiger charge is -2.23. The number of unbranched alkanes of at least 4 members (excludes halogenated alkanes) is 2. The highest BCUT2D eigenvalue weighted by Gasteiger charge is 2.26. The van der Waals surface area contributed by atoms with Crippen LogP contribution in [0.1, 0.15) is 46.0 Å². The summed E-state index contributed by atoms with van der Waals surface area (Å²) in [4.78, 5) is 10.1. The maximum atomic E-state index is 10.1. The summed E-state index contributed by atoms with van der Waals surface area (Å²) in [6.45, 7) is 2.76. The molecule has 5 N–H and O–H groups in total. The molecule has 0 aliphatic carbocycles. The second-order valence-corrected chi connectivity index (χ2v) is 5.52. The molecule has 6 heteroatoms. The Hall–Kier alpha value is -0.690. The molecular formula is C14H30O6. The number of aliphatic hydroxyl groups is 4. The fourth-order valence-electron chi connectivity index (χ4n) is 1.31. The average molecular weight is 294 g/mol. The highest BCUT2D eigenvalue weighted by atomic mass is 16.4. The van der Waals surface area contributed by atoms with Crippen LogP contribution in [0.15, 0.2) is 0 Å². The molecule has 0 unspecified atom stereocenters. The Morgan fingerprint density at radius 1 is 0.900 bits per heavy atom. The molecule has 0 radical (unpaired) electrons. The van der Waals surface area contributed by atoms with Crippen molar-refractivity contribution in [1.29, 1.82) is 0 Å². The number of rotatable bonds is 10. The maximum Gasteiger partial charge on any atom is 0.303 e. The van der Waals surface area contributed by atoms with Gasteiger partial charge in [0.15, 0.2) is 0 Å². The number of aliphatic hydroxyl groups excluding tert-OH is 4. The van der Waals surface area contributed by atoms with Gasteiger partial charge in [-0.1, -0.05) is 33.1 Å². The van der Waals surface area contributed by atoms with E-state index in [1.54, 1.807) is 0 Å². The fourth-order valence-corrected chi connectivity index (χ4v) is 1.31. The van der Waals surface area contributed by atoms with Gasteiger partial charge in [-0.25, -0.2) is 0 Å². The van der Waals surface area contributed by atoms with Crippen molar-refractivity contribution in [3.05, 3.63) is 0 Å². The van der Waals surface area contributed by atoms with E-state index >= 15 is 0 Å². The molecule has 0 aliphatic heterocycles. The van der Waals surface area contributed by atoms with Gasteiger partial charge in [-0.2, -0.15) is 0 Å². The van der Waals surface area contributed by atoms with Gasteiger partial charge < -0.3 is 25.5 Å². The number of aliphatic carboxylic acids is 1. The summed E-state index contributed by atoms with van der Waals surface area (Å²) in [5, 5.41) is 42.3. The van der Waals surface area contributed by atoms with Gasteiger partial charge in [-0.15, -0.1) is 0 Å². The monoisotopic (exact) mass is 294 g/mol. The topological polar surface area (TPSA) is 118 Å². The summed E-state index contributed by atoms with van der Waals surface area (Å²) in [5.41, 5.74) is -1.11. The van der Waals surface area contributed by atoms with Crippen molar-refractivity contribution in [2.75, 3.05) is 26.4 Å². The summed E-state index contributed by atoms with van der Waals surface area (Å²) in [6.07, 6.45) is 4.62. The molecule has 0 aromatic heterocycles. The van der Waals surface area contributed by atoms with E-state index in [0.717, 1.165) is 18.8 Å². The lowest BCUT2D eigenvalue weighted by atomic mass is 9.93. The molecular weight excluding hydrogens is 264 g/mol. The quantitative estimate of drug-likeness (QED) is 0.377. The van der Waals surface area contributed by atoms with E-state index in [2.05, 4.69) is 13.8 Å². The number of carbonyl (C=O) groups is 1. The maximum absolute atomic E-state index is 10.1. The van der Waals surface area contributed by atoms with E-state index in [1.807, 2.05) is 0 Å². The highest BCUT2D eigenvalue weighted by Crippen LogP contribution is 2.12. The fraction of sp³-hybridized carbons (Fsp3) is 0.929. The molecule has 20 heavy (non-hydrogen) atoms. The van der Waals surface area contributed by atoms with Gasteiger partial charge in [-0.05, 0) is 12.3 Å². The second-order valence-electron chi connectivity index (χ2n) is 5.52. The molecule has 0 amide bonds. The van der Waals surface area contributed by atoms with Crippen molar-refractivity contribution >= 4 is 5.97 Å².